The zero-order valence-electron chi connectivity index (χ0n) is 9.91. The van der Waals surface area contributed by atoms with Crippen molar-refractivity contribution in [3.8, 4) is 0 Å². The Morgan fingerprint density at radius 1 is 1.50 bits per heavy atom. The van der Waals surface area contributed by atoms with Gasteiger partial charge in [0.25, 0.3) is 0 Å². The van der Waals surface area contributed by atoms with Crippen molar-refractivity contribution in [3.63, 3.8) is 0 Å². The van der Waals surface area contributed by atoms with Gasteiger partial charge in [0.05, 0.1) is 0 Å². The Morgan fingerprint density at radius 2 is 2.25 bits per heavy atom. The Labute approximate surface area is 107 Å². The van der Waals surface area contributed by atoms with Crippen molar-refractivity contribution in [1.82, 2.24) is 4.98 Å². The zero-order chi connectivity index (χ0) is 12.0. The van der Waals surface area contributed by atoms with Crippen molar-refractivity contribution in [2.75, 3.05) is 12.4 Å². The molecule has 0 unspecified atom stereocenters. The van der Waals surface area contributed by atoms with Crippen LogP contribution in [0.15, 0.2) is 3.90 Å². The van der Waals surface area contributed by atoms with Gasteiger partial charge in [0.2, 0.25) is 0 Å². The Kier molecular flexibility index (Phi) is 6.17. The minimum absolute atomic E-state index is 0.237. The molecular formula is C11H17NO2SSe. The molecule has 0 bridgehead atoms. The number of unbranched alkanes of at least 4 members (excludes halogenated alkanes) is 1. The number of hydrogen-bond acceptors (Lipinski definition) is 4. The van der Waals surface area contributed by atoms with Gasteiger partial charge in [-0.1, -0.05) is 0 Å². The number of aromatic nitrogens is 1. The standard InChI is InChI=1S/C11H17NO2SSe/c1-4-6-7-15-11-12-9(8(3)16-11)10(13)14-5-2/h4-7H2,1-3H3. The predicted molar refractivity (Wildman–Crippen MR) is 67.5 cm³/mol. The molecule has 3 nitrogen and oxygen atoms in total. The van der Waals surface area contributed by atoms with Crippen molar-refractivity contribution in [2.45, 2.75) is 37.5 Å². The van der Waals surface area contributed by atoms with E-state index in [2.05, 4.69) is 11.9 Å². The number of carbonyl (C=O) groups is 1. The summed E-state index contributed by atoms with van der Waals surface area (Å²) >= 11 is 2.02. The van der Waals surface area contributed by atoms with Crippen LogP contribution in [0, 0.1) is 6.92 Å². The third-order valence-electron chi connectivity index (χ3n) is 1.97. The summed E-state index contributed by atoms with van der Waals surface area (Å²) in [6.45, 7) is 6.38. The zero-order valence-corrected chi connectivity index (χ0v) is 12.4. The van der Waals surface area contributed by atoms with E-state index in [4.69, 9.17) is 4.74 Å². The predicted octanol–water partition coefficient (Wildman–Crippen LogP) is 2.52. The number of nitrogens with zero attached hydrogens (tertiary/aromatic N) is 1. The molecule has 0 fully saturated rings. The van der Waals surface area contributed by atoms with E-state index in [9.17, 15) is 4.79 Å². The number of esters is 1. The van der Waals surface area contributed by atoms with E-state index in [1.54, 1.807) is 11.8 Å². The topological polar surface area (TPSA) is 39.2 Å². The summed E-state index contributed by atoms with van der Waals surface area (Å²) in [5.74, 6) is 0.827. The van der Waals surface area contributed by atoms with Crippen LogP contribution in [0.3, 0.4) is 0 Å². The number of thioether (sulfide) groups is 1. The summed E-state index contributed by atoms with van der Waals surface area (Å²) in [5, 5.41) is 0. The van der Waals surface area contributed by atoms with Gasteiger partial charge >= 0.3 is 107 Å². The molecule has 1 heterocycles. The fraction of sp³-hybridized carbons (Fsp3) is 0.636. The molecule has 0 aliphatic heterocycles. The molecule has 0 spiro atoms. The van der Waals surface area contributed by atoms with E-state index in [0.717, 1.165) is 14.1 Å². The summed E-state index contributed by atoms with van der Waals surface area (Å²) in [6, 6.07) is 0. The van der Waals surface area contributed by atoms with Gasteiger partial charge in [0, 0.05) is 0 Å². The van der Waals surface area contributed by atoms with E-state index >= 15 is 0 Å². The van der Waals surface area contributed by atoms with Crippen LogP contribution in [0.25, 0.3) is 0 Å². The van der Waals surface area contributed by atoms with E-state index < -0.39 is 0 Å². The molecule has 0 amide bonds. The quantitative estimate of drug-likeness (QED) is 0.350. The van der Waals surface area contributed by atoms with E-state index in [1.807, 2.05) is 13.8 Å². The van der Waals surface area contributed by atoms with Gasteiger partial charge in [-0.15, -0.1) is 0 Å². The van der Waals surface area contributed by atoms with Crippen molar-refractivity contribution >= 4 is 32.2 Å². The first kappa shape index (κ1) is 13.8. The van der Waals surface area contributed by atoms with Gasteiger partial charge < -0.3 is 0 Å². The molecule has 0 radical (unpaired) electrons. The van der Waals surface area contributed by atoms with E-state index in [-0.39, 0.29) is 20.5 Å². The number of rotatable bonds is 6. The molecule has 90 valence electrons. The number of hydrogen-bond donors (Lipinski definition) is 0. The van der Waals surface area contributed by atoms with Crippen LogP contribution in [0.2, 0.25) is 0 Å². The van der Waals surface area contributed by atoms with Gasteiger partial charge in [-0.3, -0.25) is 0 Å². The van der Waals surface area contributed by atoms with Gasteiger partial charge in [-0.2, -0.15) is 0 Å². The Morgan fingerprint density at radius 3 is 2.88 bits per heavy atom. The van der Waals surface area contributed by atoms with Crippen molar-refractivity contribution in [1.29, 1.82) is 0 Å². The Bertz CT molecular complexity index is 352. The maximum absolute atomic E-state index is 11.5. The molecule has 0 aliphatic carbocycles. The molecule has 0 atom stereocenters. The number of ether oxygens (including phenoxy) is 1. The SMILES string of the molecule is CCCCSc1nc(C(=O)OCC)c(C)[se]1. The number of aryl methyl sites for hydroxylation is 1. The van der Waals surface area contributed by atoms with Crippen LogP contribution >= 0.6 is 11.8 Å². The van der Waals surface area contributed by atoms with Gasteiger partial charge in [-0.05, 0) is 0 Å². The molecule has 0 N–H and O–H groups in total. The van der Waals surface area contributed by atoms with E-state index in [1.165, 1.54) is 12.8 Å². The fourth-order valence-corrected chi connectivity index (χ4v) is 4.80. The molecule has 0 aromatic carbocycles. The van der Waals surface area contributed by atoms with Crippen LogP contribution < -0.4 is 0 Å². The van der Waals surface area contributed by atoms with Crippen LogP contribution in [0.1, 0.15) is 41.6 Å². The molecule has 16 heavy (non-hydrogen) atoms. The monoisotopic (exact) mass is 307 g/mol. The average molecular weight is 306 g/mol. The van der Waals surface area contributed by atoms with Crippen LogP contribution in [-0.4, -0.2) is 37.8 Å². The Hall–Kier alpha value is -0.251. The summed E-state index contributed by atoms with van der Waals surface area (Å²) in [5.41, 5.74) is 0.542. The van der Waals surface area contributed by atoms with Crippen LogP contribution in [-0.2, 0) is 4.74 Å². The number of carbonyl (C=O) groups excluding carboxylic acids is 1. The molecule has 0 saturated heterocycles. The molecule has 0 aliphatic rings. The third-order valence-corrected chi connectivity index (χ3v) is 5.58. The molecule has 5 heteroatoms. The summed E-state index contributed by atoms with van der Waals surface area (Å²) in [7, 11) is 0. The third kappa shape index (κ3) is 3.96. The Balaban J connectivity index is 2.62. The van der Waals surface area contributed by atoms with E-state index in [0.29, 0.717) is 12.3 Å². The molecule has 1 aromatic rings. The fourth-order valence-electron chi connectivity index (χ4n) is 1.13. The first-order valence-corrected chi connectivity index (χ1v) is 8.16. The van der Waals surface area contributed by atoms with Crippen molar-refractivity contribution in [3.05, 3.63) is 10.1 Å². The maximum atomic E-state index is 11.5. The van der Waals surface area contributed by atoms with Crippen LogP contribution in [0.5, 0.6) is 0 Å². The second-order valence-corrected chi connectivity index (χ2v) is 7.50. The normalized spacial score (nSPS) is 10.4. The summed E-state index contributed by atoms with van der Waals surface area (Å²) < 4.78 is 7.17. The molecule has 1 rings (SSSR count). The average Bonchev–Trinajstić information content (AvgIpc) is 2.61. The first-order chi connectivity index (χ1) is 7.69. The second-order valence-electron chi connectivity index (χ2n) is 3.31. The first-order valence-electron chi connectivity index (χ1n) is 5.46. The van der Waals surface area contributed by atoms with Gasteiger partial charge in [-0.25, -0.2) is 0 Å². The summed E-state index contributed by atoms with van der Waals surface area (Å²) in [4.78, 5) is 15.9. The van der Waals surface area contributed by atoms with Crippen molar-refractivity contribution in [2.24, 2.45) is 0 Å². The summed E-state index contributed by atoms with van der Waals surface area (Å²) in [6.07, 6.45) is 2.40. The molecule has 0 saturated carbocycles. The minimum atomic E-state index is -0.270. The molecule has 1 aromatic heterocycles. The second kappa shape index (κ2) is 7.15. The molecular weight excluding hydrogens is 289 g/mol. The van der Waals surface area contributed by atoms with Crippen LogP contribution in [0.4, 0.5) is 0 Å². The van der Waals surface area contributed by atoms with Crippen molar-refractivity contribution < 1.29 is 9.53 Å². The van der Waals surface area contributed by atoms with Gasteiger partial charge in [0.1, 0.15) is 0 Å². The van der Waals surface area contributed by atoms with Gasteiger partial charge in [0.15, 0.2) is 0 Å².